The Kier molecular flexibility index (Phi) is 6.21. The average molecular weight is 281 g/mol. The van der Waals surface area contributed by atoms with E-state index in [0.717, 1.165) is 12.1 Å². The topological polar surface area (TPSA) is 75.5 Å². The number of aliphatic carboxylic acids is 1. The first kappa shape index (κ1) is 16.2. The normalized spacial score (nSPS) is 12.0. The van der Waals surface area contributed by atoms with E-state index in [-0.39, 0.29) is 0 Å². The summed E-state index contributed by atoms with van der Waals surface area (Å²) in [6, 6.07) is 1.79. The second-order valence-corrected chi connectivity index (χ2v) is 4.77. The molecule has 1 heterocycles. The lowest BCUT2D eigenvalue weighted by Crippen LogP contribution is -2.33. The second kappa shape index (κ2) is 7.67. The molecule has 6 nitrogen and oxygen atoms in total. The molecule has 20 heavy (non-hydrogen) atoms. The van der Waals surface area contributed by atoms with E-state index in [0.29, 0.717) is 31.5 Å². The minimum absolute atomic E-state index is 0.377. The van der Waals surface area contributed by atoms with Crippen LogP contribution in [0.1, 0.15) is 32.9 Å². The van der Waals surface area contributed by atoms with Gasteiger partial charge in [0.25, 0.3) is 0 Å². The van der Waals surface area contributed by atoms with Crippen LogP contribution in [0.4, 0.5) is 5.95 Å². The summed E-state index contributed by atoms with van der Waals surface area (Å²) in [7, 11) is 0. The molecule has 0 bridgehead atoms. The van der Waals surface area contributed by atoms with Gasteiger partial charge in [-0.2, -0.15) is 4.98 Å². The number of carboxylic acids is 1. The Morgan fingerprint density at radius 2 is 2.15 bits per heavy atom. The second-order valence-electron chi connectivity index (χ2n) is 4.77. The van der Waals surface area contributed by atoms with Crippen molar-refractivity contribution in [2.24, 2.45) is 5.92 Å². The Balaban J connectivity index is 2.90. The van der Waals surface area contributed by atoms with E-state index in [4.69, 9.17) is 9.84 Å². The third-order valence-electron chi connectivity index (χ3n) is 2.85. The first-order valence-corrected chi connectivity index (χ1v) is 6.94. The zero-order valence-electron chi connectivity index (χ0n) is 12.6. The van der Waals surface area contributed by atoms with E-state index in [1.807, 2.05) is 25.7 Å². The Morgan fingerprint density at radius 1 is 1.45 bits per heavy atom. The molecule has 0 aromatic carbocycles. The van der Waals surface area contributed by atoms with Crippen LogP contribution < -0.4 is 9.64 Å². The largest absolute Gasteiger partial charge is 0.481 e. The maximum absolute atomic E-state index is 11.0. The molecule has 0 saturated heterocycles. The van der Waals surface area contributed by atoms with Crippen LogP contribution in [-0.2, 0) is 4.79 Å². The van der Waals surface area contributed by atoms with E-state index in [9.17, 15) is 4.79 Å². The summed E-state index contributed by atoms with van der Waals surface area (Å²) in [5.41, 5.74) is 0.808. The van der Waals surface area contributed by atoms with Crippen molar-refractivity contribution in [2.45, 2.75) is 34.1 Å². The minimum atomic E-state index is -0.821. The molecule has 1 atom stereocenters. The number of hydrogen-bond acceptors (Lipinski definition) is 5. The monoisotopic (exact) mass is 281 g/mol. The summed E-state index contributed by atoms with van der Waals surface area (Å²) >= 11 is 0. The molecular formula is C14H23N3O3. The van der Waals surface area contributed by atoms with Crippen LogP contribution in [0.3, 0.4) is 0 Å². The number of anilines is 1. The Hall–Kier alpha value is -1.85. The smallest absolute Gasteiger partial charge is 0.308 e. The van der Waals surface area contributed by atoms with Crippen LogP contribution in [0.5, 0.6) is 5.88 Å². The minimum Gasteiger partial charge on any atom is -0.481 e. The van der Waals surface area contributed by atoms with Crippen molar-refractivity contribution in [1.29, 1.82) is 0 Å². The molecule has 1 aromatic heterocycles. The summed E-state index contributed by atoms with van der Waals surface area (Å²) in [5, 5.41) is 9.01. The van der Waals surface area contributed by atoms with E-state index >= 15 is 0 Å². The molecule has 0 radical (unpaired) electrons. The number of rotatable bonds is 8. The summed E-state index contributed by atoms with van der Waals surface area (Å²) in [6.07, 6.45) is 0.909. The molecule has 0 fully saturated rings. The van der Waals surface area contributed by atoms with Gasteiger partial charge in [0.1, 0.15) is 0 Å². The summed E-state index contributed by atoms with van der Waals surface area (Å²) in [5.74, 6) is -0.236. The van der Waals surface area contributed by atoms with Crippen LogP contribution in [0.25, 0.3) is 0 Å². The van der Waals surface area contributed by atoms with Crippen molar-refractivity contribution in [3.8, 4) is 5.88 Å². The fourth-order valence-electron chi connectivity index (χ4n) is 1.71. The number of carboxylic acid groups (broad SMARTS) is 1. The Labute approximate surface area is 119 Å². The molecule has 0 saturated carbocycles. The molecule has 1 unspecified atom stereocenters. The van der Waals surface area contributed by atoms with E-state index in [2.05, 4.69) is 9.97 Å². The molecule has 0 aliphatic heterocycles. The SMILES string of the molecule is CCCOc1cc(C)nc(N(CC)CC(C)C(=O)O)n1. The van der Waals surface area contributed by atoms with Crippen molar-refractivity contribution in [2.75, 3.05) is 24.6 Å². The number of ether oxygens (including phenoxy) is 1. The van der Waals surface area contributed by atoms with Gasteiger partial charge in [-0.1, -0.05) is 13.8 Å². The van der Waals surface area contributed by atoms with Crippen molar-refractivity contribution < 1.29 is 14.6 Å². The van der Waals surface area contributed by atoms with Crippen molar-refractivity contribution in [3.05, 3.63) is 11.8 Å². The number of carbonyl (C=O) groups is 1. The van der Waals surface area contributed by atoms with E-state index < -0.39 is 11.9 Å². The zero-order valence-corrected chi connectivity index (χ0v) is 12.6. The maximum atomic E-state index is 11.0. The quantitative estimate of drug-likeness (QED) is 0.786. The predicted molar refractivity (Wildman–Crippen MR) is 77.2 cm³/mol. The highest BCUT2D eigenvalue weighted by molar-refractivity contribution is 5.70. The Morgan fingerprint density at radius 3 is 2.70 bits per heavy atom. The fraction of sp³-hybridized carbons (Fsp3) is 0.643. The van der Waals surface area contributed by atoms with Crippen LogP contribution in [0.2, 0.25) is 0 Å². The predicted octanol–water partition coefficient (Wildman–Crippen LogP) is 2.12. The summed E-state index contributed by atoms with van der Waals surface area (Å²) < 4.78 is 5.53. The van der Waals surface area contributed by atoms with Crippen molar-refractivity contribution in [1.82, 2.24) is 9.97 Å². The third-order valence-corrected chi connectivity index (χ3v) is 2.85. The van der Waals surface area contributed by atoms with Crippen molar-refractivity contribution >= 4 is 11.9 Å². The molecular weight excluding hydrogens is 258 g/mol. The van der Waals surface area contributed by atoms with Gasteiger partial charge in [0, 0.05) is 24.8 Å². The number of aryl methyl sites for hydroxylation is 1. The van der Waals surface area contributed by atoms with Gasteiger partial charge < -0.3 is 14.7 Å². The van der Waals surface area contributed by atoms with Gasteiger partial charge in [-0.25, -0.2) is 4.98 Å². The van der Waals surface area contributed by atoms with Gasteiger partial charge in [0.15, 0.2) is 0 Å². The highest BCUT2D eigenvalue weighted by Gasteiger charge is 2.18. The van der Waals surface area contributed by atoms with E-state index in [1.54, 1.807) is 13.0 Å². The average Bonchev–Trinajstić information content (AvgIpc) is 2.41. The lowest BCUT2D eigenvalue weighted by molar-refractivity contribution is -0.140. The molecule has 0 aliphatic carbocycles. The molecule has 1 rings (SSSR count). The third kappa shape index (κ3) is 4.68. The highest BCUT2D eigenvalue weighted by Crippen LogP contribution is 2.17. The fourth-order valence-corrected chi connectivity index (χ4v) is 1.71. The first-order chi connectivity index (χ1) is 9.47. The molecule has 1 N–H and O–H groups in total. The van der Waals surface area contributed by atoms with Crippen LogP contribution in [0.15, 0.2) is 6.07 Å². The Bertz CT molecular complexity index is 451. The molecule has 0 amide bonds. The lowest BCUT2D eigenvalue weighted by atomic mass is 10.2. The van der Waals surface area contributed by atoms with E-state index in [1.165, 1.54) is 0 Å². The lowest BCUT2D eigenvalue weighted by Gasteiger charge is -2.23. The number of nitrogens with zero attached hydrogens (tertiary/aromatic N) is 3. The zero-order chi connectivity index (χ0) is 15.1. The summed E-state index contributed by atoms with van der Waals surface area (Å²) in [4.78, 5) is 21.5. The van der Waals surface area contributed by atoms with Gasteiger partial charge >= 0.3 is 5.97 Å². The highest BCUT2D eigenvalue weighted by atomic mass is 16.5. The van der Waals surface area contributed by atoms with Gasteiger partial charge in [-0.3, -0.25) is 4.79 Å². The number of aromatic nitrogens is 2. The molecule has 0 spiro atoms. The van der Waals surface area contributed by atoms with Crippen LogP contribution in [0, 0.1) is 12.8 Å². The molecule has 0 aliphatic rings. The van der Waals surface area contributed by atoms with Crippen LogP contribution in [-0.4, -0.2) is 40.7 Å². The maximum Gasteiger partial charge on any atom is 0.308 e. The molecule has 6 heteroatoms. The standard InChI is InChI=1S/C14H23N3O3/c1-5-7-20-12-8-11(4)15-14(16-12)17(6-2)9-10(3)13(18)19/h8,10H,5-7,9H2,1-4H3,(H,18,19). The molecule has 112 valence electrons. The van der Waals surface area contributed by atoms with Gasteiger partial charge in [-0.05, 0) is 20.3 Å². The summed E-state index contributed by atoms with van der Waals surface area (Å²) in [6.45, 7) is 9.16. The first-order valence-electron chi connectivity index (χ1n) is 6.94. The van der Waals surface area contributed by atoms with Gasteiger partial charge in [-0.15, -0.1) is 0 Å². The van der Waals surface area contributed by atoms with Gasteiger partial charge in [0.2, 0.25) is 11.8 Å². The molecule has 1 aromatic rings. The van der Waals surface area contributed by atoms with Gasteiger partial charge in [0.05, 0.1) is 12.5 Å². The van der Waals surface area contributed by atoms with Crippen LogP contribution >= 0.6 is 0 Å². The number of hydrogen-bond donors (Lipinski definition) is 1. The van der Waals surface area contributed by atoms with Crippen molar-refractivity contribution in [3.63, 3.8) is 0 Å².